The number of carbonyl (C=O) groups excluding carboxylic acids is 1. The summed E-state index contributed by atoms with van der Waals surface area (Å²) in [5, 5.41) is 6.87. The molecule has 0 radical (unpaired) electrons. The number of nitrogens with zero attached hydrogens (tertiary/aromatic N) is 2. The third-order valence-electron chi connectivity index (χ3n) is 5.20. The van der Waals surface area contributed by atoms with Gasteiger partial charge in [0.2, 0.25) is 0 Å². The average Bonchev–Trinajstić information content (AvgIpc) is 3.28. The van der Waals surface area contributed by atoms with Crippen LogP contribution in [0.15, 0.2) is 109 Å². The standard InChI is InChI=1S/C27H20N2O2/c30-27(23-16-15-20-9-7-8-12-22(20)17-23)31-19-24-18-29(25-13-5-2-6-14-25)28-26(24)21-10-3-1-4-11-21/h1-18H,19H2. The molecule has 0 atom stereocenters. The van der Waals surface area contributed by atoms with Crippen molar-refractivity contribution in [2.45, 2.75) is 6.61 Å². The molecule has 1 heterocycles. The van der Waals surface area contributed by atoms with E-state index in [9.17, 15) is 4.79 Å². The summed E-state index contributed by atoms with van der Waals surface area (Å²) in [5.41, 5.74) is 4.12. The van der Waals surface area contributed by atoms with Gasteiger partial charge in [-0.3, -0.25) is 0 Å². The number of hydrogen-bond acceptors (Lipinski definition) is 3. The zero-order valence-electron chi connectivity index (χ0n) is 16.8. The van der Waals surface area contributed by atoms with Crippen molar-refractivity contribution in [1.29, 1.82) is 0 Å². The maximum atomic E-state index is 12.7. The summed E-state index contributed by atoms with van der Waals surface area (Å²) in [5.74, 6) is -0.350. The smallest absolute Gasteiger partial charge is 0.338 e. The number of esters is 1. The van der Waals surface area contributed by atoms with E-state index < -0.39 is 0 Å². The molecule has 4 heteroatoms. The van der Waals surface area contributed by atoms with Crippen molar-refractivity contribution in [3.8, 4) is 16.9 Å². The lowest BCUT2D eigenvalue weighted by Gasteiger charge is -2.06. The van der Waals surface area contributed by atoms with Gasteiger partial charge in [-0.15, -0.1) is 0 Å². The number of hydrogen-bond donors (Lipinski definition) is 0. The first-order valence-corrected chi connectivity index (χ1v) is 10.1. The molecule has 150 valence electrons. The van der Waals surface area contributed by atoms with Crippen LogP contribution in [0.3, 0.4) is 0 Å². The predicted molar refractivity (Wildman–Crippen MR) is 122 cm³/mol. The second-order valence-electron chi connectivity index (χ2n) is 7.29. The molecule has 4 nitrogen and oxygen atoms in total. The summed E-state index contributed by atoms with van der Waals surface area (Å²) in [7, 11) is 0. The summed E-state index contributed by atoms with van der Waals surface area (Å²) in [6, 6.07) is 33.4. The van der Waals surface area contributed by atoms with Crippen molar-refractivity contribution in [2.75, 3.05) is 0 Å². The largest absolute Gasteiger partial charge is 0.457 e. The first-order valence-electron chi connectivity index (χ1n) is 10.1. The average molecular weight is 404 g/mol. The van der Waals surface area contributed by atoms with E-state index in [-0.39, 0.29) is 12.6 Å². The Morgan fingerprint density at radius 3 is 2.23 bits per heavy atom. The van der Waals surface area contributed by atoms with Crippen molar-refractivity contribution in [3.05, 3.63) is 120 Å². The van der Waals surface area contributed by atoms with E-state index in [4.69, 9.17) is 9.84 Å². The Morgan fingerprint density at radius 1 is 0.774 bits per heavy atom. The molecule has 0 saturated carbocycles. The van der Waals surface area contributed by atoms with Crippen LogP contribution in [0.1, 0.15) is 15.9 Å². The van der Waals surface area contributed by atoms with Crippen LogP contribution in [0.25, 0.3) is 27.7 Å². The minimum atomic E-state index is -0.350. The molecule has 0 aliphatic carbocycles. The lowest BCUT2D eigenvalue weighted by Crippen LogP contribution is -2.05. The summed E-state index contributed by atoms with van der Waals surface area (Å²) in [6.07, 6.45) is 1.92. The zero-order chi connectivity index (χ0) is 21.0. The molecular formula is C27H20N2O2. The van der Waals surface area contributed by atoms with Gasteiger partial charge in [0.15, 0.2) is 0 Å². The second-order valence-corrected chi connectivity index (χ2v) is 7.29. The Kier molecular flexibility index (Phi) is 5.03. The van der Waals surface area contributed by atoms with E-state index in [0.29, 0.717) is 5.56 Å². The quantitative estimate of drug-likeness (QED) is 0.335. The molecule has 5 rings (SSSR count). The fourth-order valence-corrected chi connectivity index (χ4v) is 3.61. The molecule has 0 spiro atoms. The van der Waals surface area contributed by atoms with E-state index >= 15 is 0 Å². The van der Waals surface area contributed by atoms with Crippen molar-refractivity contribution < 1.29 is 9.53 Å². The van der Waals surface area contributed by atoms with Gasteiger partial charge in [0.05, 0.1) is 16.9 Å². The first-order chi connectivity index (χ1) is 15.3. The van der Waals surface area contributed by atoms with Crippen molar-refractivity contribution in [2.24, 2.45) is 0 Å². The van der Waals surface area contributed by atoms with Crippen LogP contribution >= 0.6 is 0 Å². The maximum absolute atomic E-state index is 12.7. The summed E-state index contributed by atoms with van der Waals surface area (Å²) in [6.45, 7) is 0.142. The molecule has 0 N–H and O–H groups in total. The number of fused-ring (bicyclic) bond motifs is 1. The molecule has 1 aromatic heterocycles. The Balaban J connectivity index is 1.43. The number of rotatable bonds is 5. The van der Waals surface area contributed by atoms with Crippen LogP contribution in [0.2, 0.25) is 0 Å². The van der Waals surface area contributed by atoms with Gasteiger partial charge >= 0.3 is 5.97 Å². The second kappa shape index (κ2) is 8.28. The van der Waals surface area contributed by atoms with E-state index in [0.717, 1.165) is 33.3 Å². The molecule has 0 bridgehead atoms. The molecule has 0 aliphatic heterocycles. The van der Waals surface area contributed by atoms with Crippen LogP contribution < -0.4 is 0 Å². The molecule has 0 saturated heterocycles. The highest BCUT2D eigenvalue weighted by Crippen LogP contribution is 2.25. The van der Waals surface area contributed by atoms with E-state index in [2.05, 4.69) is 0 Å². The normalized spacial score (nSPS) is 10.8. The van der Waals surface area contributed by atoms with Gasteiger partial charge in [0, 0.05) is 17.3 Å². The van der Waals surface area contributed by atoms with Gasteiger partial charge in [-0.2, -0.15) is 5.10 Å². The van der Waals surface area contributed by atoms with E-state index in [1.54, 1.807) is 6.07 Å². The maximum Gasteiger partial charge on any atom is 0.338 e. The fraction of sp³-hybridized carbons (Fsp3) is 0.0370. The van der Waals surface area contributed by atoms with Crippen LogP contribution in [-0.4, -0.2) is 15.7 Å². The Morgan fingerprint density at radius 2 is 1.45 bits per heavy atom. The molecule has 0 amide bonds. The minimum absolute atomic E-state index is 0.142. The zero-order valence-corrected chi connectivity index (χ0v) is 16.8. The Hall–Kier alpha value is -4.18. The molecular weight excluding hydrogens is 384 g/mol. The van der Waals surface area contributed by atoms with E-state index in [1.807, 2.05) is 108 Å². The van der Waals surface area contributed by atoms with Gasteiger partial charge in [-0.1, -0.05) is 78.9 Å². The number of ether oxygens (including phenoxy) is 1. The first kappa shape index (κ1) is 18.8. The Labute approximate surface area is 180 Å². The Bertz CT molecular complexity index is 1340. The number of para-hydroxylation sites is 1. The van der Waals surface area contributed by atoms with Crippen LogP contribution in [0, 0.1) is 0 Å². The van der Waals surface area contributed by atoms with E-state index in [1.165, 1.54) is 0 Å². The predicted octanol–water partition coefficient (Wildman–Crippen LogP) is 6.05. The molecule has 0 fully saturated rings. The number of carbonyl (C=O) groups is 1. The topological polar surface area (TPSA) is 44.1 Å². The fourth-order valence-electron chi connectivity index (χ4n) is 3.61. The summed E-state index contributed by atoms with van der Waals surface area (Å²) < 4.78 is 7.50. The van der Waals surface area contributed by atoms with Gasteiger partial charge in [0.1, 0.15) is 6.61 Å². The lowest BCUT2D eigenvalue weighted by atomic mass is 10.1. The lowest BCUT2D eigenvalue weighted by molar-refractivity contribution is 0.0473. The third-order valence-corrected chi connectivity index (χ3v) is 5.20. The van der Waals surface area contributed by atoms with Crippen molar-refractivity contribution in [1.82, 2.24) is 9.78 Å². The number of aromatic nitrogens is 2. The van der Waals surface area contributed by atoms with Crippen molar-refractivity contribution >= 4 is 16.7 Å². The minimum Gasteiger partial charge on any atom is -0.457 e. The highest BCUT2D eigenvalue weighted by Gasteiger charge is 2.15. The highest BCUT2D eigenvalue weighted by molar-refractivity contribution is 5.95. The molecule has 4 aromatic carbocycles. The van der Waals surface area contributed by atoms with Gasteiger partial charge < -0.3 is 4.74 Å². The SMILES string of the molecule is O=C(OCc1cn(-c2ccccc2)nc1-c1ccccc1)c1ccc2ccccc2c1. The highest BCUT2D eigenvalue weighted by atomic mass is 16.5. The molecule has 0 aliphatic rings. The van der Waals surface area contributed by atoms with Gasteiger partial charge in [0.25, 0.3) is 0 Å². The van der Waals surface area contributed by atoms with Crippen molar-refractivity contribution in [3.63, 3.8) is 0 Å². The number of benzene rings is 4. The van der Waals surface area contributed by atoms with Crippen LogP contribution in [0.4, 0.5) is 0 Å². The van der Waals surface area contributed by atoms with Crippen LogP contribution in [0.5, 0.6) is 0 Å². The molecule has 0 unspecified atom stereocenters. The van der Waals surface area contributed by atoms with Crippen LogP contribution in [-0.2, 0) is 11.3 Å². The van der Waals surface area contributed by atoms with Gasteiger partial charge in [-0.05, 0) is 35.0 Å². The summed E-state index contributed by atoms with van der Waals surface area (Å²) in [4.78, 5) is 12.7. The third kappa shape index (κ3) is 3.96. The molecule has 5 aromatic rings. The molecule has 31 heavy (non-hydrogen) atoms. The monoisotopic (exact) mass is 404 g/mol. The van der Waals surface area contributed by atoms with Gasteiger partial charge in [-0.25, -0.2) is 9.48 Å². The summed E-state index contributed by atoms with van der Waals surface area (Å²) >= 11 is 0.